The van der Waals surface area contributed by atoms with Crippen molar-refractivity contribution in [2.24, 2.45) is 0 Å². The molecule has 3 heterocycles. The smallest absolute Gasteiger partial charge is 0.220 e. The van der Waals surface area contributed by atoms with E-state index in [0.29, 0.717) is 12.8 Å². The molecule has 0 radical (unpaired) electrons. The Morgan fingerprint density at radius 3 is 1.19 bits per heavy atom. The number of aliphatic hydroxyl groups is 11. The van der Waals surface area contributed by atoms with Crippen molar-refractivity contribution in [1.82, 2.24) is 5.32 Å². The average Bonchev–Trinajstić information content (AvgIpc) is 0.787. The summed E-state index contributed by atoms with van der Waals surface area (Å²) in [5.41, 5.74) is 0. The standard InChI is InChI=1S/C75H131NO18/c1-3-5-7-9-11-13-15-17-19-21-23-25-27-28-29-31-32-34-36-38-40-42-44-46-48-50-52-59(80)58(76-63(81)53-51-49-47-45-43-41-39-37-35-33-30-26-24-22-20-18-16-14-12-10-8-6-4-2)57-89-73-69(87)66(84)71(61(55-78)91-73)94-75-70(88)67(85)72(62(56-79)92-75)93-74-68(86)65(83)64(82)60(54-77)90-74/h6,8,12,14,18,20,24,26,33,35,42,44,50,52,58-62,64-75,77-80,82-88H,3-5,7,9-11,13,15-17,19,21-23,25,27-32,34,36-41,43,45-49,51,53-57H2,1-2H3,(H,76,81)/b8-6-,14-12-,20-18-,26-24-,35-33-,44-42+,52-50+. The molecule has 0 aromatic rings. The molecule has 0 saturated carbocycles. The second kappa shape index (κ2) is 55.8. The maximum Gasteiger partial charge on any atom is 0.220 e. The van der Waals surface area contributed by atoms with Gasteiger partial charge in [-0.05, 0) is 77.0 Å². The van der Waals surface area contributed by atoms with Gasteiger partial charge in [0.05, 0.1) is 38.6 Å². The van der Waals surface area contributed by atoms with Gasteiger partial charge in [-0.25, -0.2) is 0 Å². The minimum atomic E-state index is -1.99. The summed E-state index contributed by atoms with van der Waals surface area (Å²) in [6.07, 6.45) is 45.6. The number of amides is 1. The highest BCUT2D eigenvalue weighted by atomic mass is 16.8. The van der Waals surface area contributed by atoms with Gasteiger partial charge in [0.15, 0.2) is 18.9 Å². The number of hydrogen-bond donors (Lipinski definition) is 12. The van der Waals surface area contributed by atoms with Gasteiger partial charge in [-0.1, -0.05) is 253 Å². The number of unbranched alkanes of at least 4 members (excludes halogenated alkanes) is 28. The van der Waals surface area contributed by atoms with E-state index in [4.69, 9.17) is 28.4 Å². The van der Waals surface area contributed by atoms with E-state index in [1.165, 1.54) is 122 Å². The van der Waals surface area contributed by atoms with Crippen molar-refractivity contribution < 1.29 is 89.4 Å². The van der Waals surface area contributed by atoms with Crippen LogP contribution in [0.3, 0.4) is 0 Å². The minimum absolute atomic E-state index is 0.218. The summed E-state index contributed by atoms with van der Waals surface area (Å²) in [6, 6.07) is -1.00. The molecule has 3 aliphatic rings. The Balaban J connectivity index is 1.44. The fraction of sp³-hybridized carbons (Fsp3) is 0.800. The Kier molecular flexibility index (Phi) is 50.6. The van der Waals surface area contributed by atoms with Gasteiger partial charge in [0.25, 0.3) is 0 Å². The first-order chi connectivity index (χ1) is 45.8. The van der Waals surface area contributed by atoms with Crippen molar-refractivity contribution >= 4 is 5.91 Å². The van der Waals surface area contributed by atoms with Crippen molar-refractivity contribution in [1.29, 1.82) is 0 Å². The topological polar surface area (TPSA) is 307 Å². The van der Waals surface area contributed by atoms with E-state index < -0.39 is 124 Å². The maximum atomic E-state index is 13.4. The fourth-order valence-corrected chi connectivity index (χ4v) is 12.0. The molecule has 0 bridgehead atoms. The van der Waals surface area contributed by atoms with Crippen LogP contribution in [0.2, 0.25) is 0 Å². The monoisotopic (exact) mass is 1330 g/mol. The molecule has 1 amide bonds. The lowest BCUT2D eigenvalue weighted by Gasteiger charge is -2.48. The van der Waals surface area contributed by atoms with Gasteiger partial charge < -0.3 is 89.9 Å². The second-order valence-electron chi connectivity index (χ2n) is 26.0. The van der Waals surface area contributed by atoms with E-state index >= 15 is 0 Å². The van der Waals surface area contributed by atoms with E-state index in [9.17, 15) is 61.0 Å². The summed E-state index contributed by atoms with van der Waals surface area (Å²) >= 11 is 0. The Morgan fingerprint density at radius 2 is 0.745 bits per heavy atom. The molecule has 19 heteroatoms. The number of aliphatic hydroxyl groups excluding tert-OH is 11. The van der Waals surface area contributed by atoms with Gasteiger partial charge in [-0.15, -0.1) is 0 Å². The van der Waals surface area contributed by atoms with Crippen LogP contribution in [-0.4, -0.2) is 193 Å². The number of carbonyl (C=O) groups is 1. The van der Waals surface area contributed by atoms with Crippen LogP contribution in [0.5, 0.6) is 0 Å². The minimum Gasteiger partial charge on any atom is -0.394 e. The number of allylic oxidation sites excluding steroid dienone is 13. The highest BCUT2D eigenvalue weighted by Crippen LogP contribution is 2.33. The van der Waals surface area contributed by atoms with Crippen molar-refractivity contribution in [3.8, 4) is 0 Å². The molecule has 12 N–H and O–H groups in total. The zero-order valence-electron chi connectivity index (χ0n) is 57.7. The molecule has 0 aromatic heterocycles. The van der Waals surface area contributed by atoms with Crippen molar-refractivity contribution in [2.75, 3.05) is 26.4 Å². The van der Waals surface area contributed by atoms with Crippen LogP contribution in [-0.2, 0) is 33.2 Å². The number of ether oxygens (including phenoxy) is 6. The highest BCUT2D eigenvalue weighted by molar-refractivity contribution is 5.76. The lowest BCUT2D eigenvalue weighted by molar-refractivity contribution is -0.379. The van der Waals surface area contributed by atoms with Gasteiger partial charge in [-0.3, -0.25) is 4.79 Å². The molecule has 3 fully saturated rings. The molecule has 17 unspecified atom stereocenters. The van der Waals surface area contributed by atoms with Crippen LogP contribution in [0.4, 0.5) is 0 Å². The SMILES string of the molecule is CC/C=C\C/C=C\C/C=C\C/C=C\C/C=C\CCCCCCCCCC(=O)NC(COC1OC(CO)C(OC2OC(CO)C(OC3OC(CO)C(O)C(O)C3O)C(O)C2O)C(O)C1O)C(O)/C=C/CC/C=C/CCCCCCCCCCCCCCCCCCCCCC. The first-order valence-corrected chi connectivity index (χ1v) is 36.8. The first-order valence-electron chi connectivity index (χ1n) is 36.8. The molecule has 3 aliphatic heterocycles. The van der Waals surface area contributed by atoms with Crippen LogP contribution >= 0.6 is 0 Å². The third-order valence-corrected chi connectivity index (χ3v) is 17.9. The van der Waals surface area contributed by atoms with Crippen molar-refractivity contribution in [3.05, 3.63) is 85.1 Å². The summed E-state index contributed by atoms with van der Waals surface area (Å²) in [7, 11) is 0. The van der Waals surface area contributed by atoms with Crippen LogP contribution in [0.1, 0.15) is 251 Å². The first kappa shape index (κ1) is 85.2. The summed E-state index contributed by atoms with van der Waals surface area (Å²) in [5.74, 6) is -0.298. The second-order valence-corrected chi connectivity index (χ2v) is 26.0. The molecule has 17 atom stereocenters. The third kappa shape index (κ3) is 36.7. The average molecular weight is 1330 g/mol. The van der Waals surface area contributed by atoms with Crippen LogP contribution in [0.15, 0.2) is 85.1 Å². The van der Waals surface area contributed by atoms with Crippen LogP contribution in [0.25, 0.3) is 0 Å². The van der Waals surface area contributed by atoms with E-state index in [-0.39, 0.29) is 18.9 Å². The molecular weight excluding hydrogens is 1200 g/mol. The molecule has 3 rings (SSSR count). The van der Waals surface area contributed by atoms with E-state index in [0.717, 1.165) is 96.3 Å². The molecule has 0 aromatic carbocycles. The molecule has 544 valence electrons. The highest BCUT2D eigenvalue weighted by Gasteiger charge is 2.53. The van der Waals surface area contributed by atoms with E-state index in [1.807, 2.05) is 6.08 Å². The number of carbonyl (C=O) groups excluding carboxylic acids is 1. The van der Waals surface area contributed by atoms with Crippen LogP contribution in [0, 0.1) is 0 Å². The van der Waals surface area contributed by atoms with Gasteiger partial charge in [0.2, 0.25) is 5.91 Å². The number of rotatable bonds is 56. The van der Waals surface area contributed by atoms with Gasteiger partial charge in [0, 0.05) is 6.42 Å². The molecule has 0 spiro atoms. The van der Waals surface area contributed by atoms with Crippen molar-refractivity contribution in [3.63, 3.8) is 0 Å². The Hall–Kier alpha value is -3.03. The molecule has 19 nitrogen and oxygen atoms in total. The summed E-state index contributed by atoms with van der Waals surface area (Å²) in [4.78, 5) is 13.4. The Morgan fingerprint density at radius 1 is 0.394 bits per heavy atom. The predicted octanol–water partition coefficient (Wildman–Crippen LogP) is 10.7. The lowest BCUT2D eigenvalue weighted by Crippen LogP contribution is -2.66. The molecule has 0 aliphatic carbocycles. The summed E-state index contributed by atoms with van der Waals surface area (Å²) in [5, 5.41) is 121. The zero-order chi connectivity index (χ0) is 68.2. The maximum absolute atomic E-state index is 13.4. The van der Waals surface area contributed by atoms with Crippen LogP contribution < -0.4 is 5.32 Å². The molecule has 3 saturated heterocycles. The van der Waals surface area contributed by atoms with Gasteiger partial charge in [-0.2, -0.15) is 0 Å². The predicted molar refractivity (Wildman–Crippen MR) is 369 cm³/mol. The normalized spacial score (nSPS) is 27.9. The Labute approximate surface area is 565 Å². The van der Waals surface area contributed by atoms with Gasteiger partial charge in [0.1, 0.15) is 73.2 Å². The molecule has 94 heavy (non-hydrogen) atoms. The van der Waals surface area contributed by atoms with Crippen molar-refractivity contribution in [2.45, 2.75) is 356 Å². The quantitative estimate of drug-likeness (QED) is 0.0199. The zero-order valence-corrected chi connectivity index (χ0v) is 57.7. The van der Waals surface area contributed by atoms with E-state index in [1.54, 1.807) is 6.08 Å². The lowest BCUT2D eigenvalue weighted by atomic mass is 9.96. The van der Waals surface area contributed by atoms with Gasteiger partial charge >= 0.3 is 0 Å². The Bertz CT molecular complexity index is 2030. The summed E-state index contributed by atoms with van der Waals surface area (Å²) in [6.45, 7) is 1.60. The fourth-order valence-electron chi connectivity index (χ4n) is 12.0. The molecular formula is C75H131NO18. The third-order valence-electron chi connectivity index (χ3n) is 17.9. The number of nitrogens with one attached hydrogen (secondary N) is 1. The number of hydrogen-bond acceptors (Lipinski definition) is 18. The largest absolute Gasteiger partial charge is 0.394 e. The summed E-state index contributed by atoms with van der Waals surface area (Å²) < 4.78 is 34.4. The van der Waals surface area contributed by atoms with E-state index in [2.05, 4.69) is 92.1 Å².